The fourth-order valence-corrected chi connectivity index (χ4v) is 2.76. The quantitative estimate of drug-likeness (QED) is 0.937. The summed E-state index contributed by atoms with van der Waals surface area (Å²) in [5.41, 5.74) is 2.38. The molecule has 0 aromatic heterocycles. The van der Waals surface area contributed by atoms with E-state index >= 15 is 0 Å². The summed E-state index contributed by atoms with van der Waals surface area (Å²) in [4.78, 5) is 13.4. The van der Waals surface area contributed by atoms with Crippen molar-refractivity contribution in [3.63, 3.8) is 0 Å². The van der Waals surface area contributed by atoms with E-state index in [1.165, 1.54) is 0 Å². The monoisotopic (exact) mass is 297 g/mol. The summed E-state index contributed by atoms with van der Waals surface area (Å²) in [6.45, 7) is 3.60. The number of carbonyl (C=O) groups is 1. The Hall–Kier alpha value is -2.49. The third-order valence-electron chi connectivity index (χ3n) is 3.93. The minimum atomic E-state index is -0.893. The smallest absolute Gasteiger partial charge is 0.335 e. The molecule has 0 saturated heterocycles. The van der Waals surface area contributed by atoms with Crippen LogP contribution in [0.4, 0.5) is 5.69 Å². The van der Waals surface area contributed by atoms with Crippen molar-refractivity contribution in [3.8, 4) is 5.75 Å². The topological polar surface area (TPSA) is 49.8 Å². The fourth-order valence-electron chi connectivity index (χ4n) is 2.76. The van der Waals surface area contributed by atoms with Crippen LogP contribution in [0.1, 0.15) is 29.3 Å². The summed E-state index contributed by atoms with van der Waals surface area (Å²) in [5, 5.41) is 9.12. The van der Waals surface area contributed by atoms with E-state index < -0.39 is 5.97 Å². The highest BCUT2D eigenvalue weighted by Gasteiger charge is 2.24. The normalized spacial score (nSPS) is 16.8. The highest BCUT2D eigenvalue weighted by molar-refractivity contribution is 5.87. The van der Waals surface area contributed by atoms with Gasteiger partial charge in [0.15, 0.2) is 0 Å². The van der Waals surface area contributed by atoms with Gasteiger partial charge in [-0.1, -0.05) is 31.2 Å². The first-order valence-electron chi connectivity index (χ1n) is 7.50. The number of hydrogen-bond donors (Lipinski definition) is 1. The average molecular weight is 297 g/mol. The minimum absolute atomic E-state index is 0.164. The van der Waals surface area contributed by atoms with Crippen molar-refractivity contribution in [3.05, 3.63) is 59.7 Å². The van der Waals surface area contributed by atoms with Crippen LogP contribution in [0.25, 0.3) is 0 Å². The first-order valence-corrected chi connectivity index (χ1v) is 7.50. The molecule has 1 atom stereocenters. The molecule has 0 fully saturated rings. The number of para-hydroxylation sites is 2. The van der Waals surface area contributed by atoms with Crippen LogP contribution in [-0.2, 0) is 6.54 Å². The standard InChI is InChI=1S/C18H19NO3/c1-2-15-12-19(16-8-3-4-9-17(16)22-15)11-13-6-5-7-14(10-13)18(20)21/h3-10,15H,2,11-12H2,1H3,(H,20,21). The van der Waals surface area contributed by atoms with Gasteiger partial charge in [-0.3, -0.25) is 0 Å². The summed E-state index contributed by atoms with van der Waals surface area (Å²) in [6, 6.07) is 15.1. The van der Waals surface area contributed by atoms with E-state index in [4.69, 9.17) is 9.84 Å². The molecule has 0 aliphatic carbocycles. The molecule has 0 spiro atoms. The summed E-state index contributed by atoms with van der Waals surface area (Å²) in [6.07, 6.45) is 1.11. The van der Waals surface area contributed by atoms with Crippen LogP contribution in [-0.4, -0.2) is 23.7 Å². The number of carboxylic acids is 1. The van der Waals surface area contributed by atoms with Gasteiger partial charge in [0.05, 0.1) is 17.8 Å². The largest absolute Gasteiger partial charge is 0.486 e. The van der Waals surface area contributed by atoms with Crippen LogP contribution in [0.2, 0.25) is 0 Å². The van der Waals surface area contributed by atoms with E-state index in [0.29, 0.717) is 12.1 Å². The molecule has 3 rings (SSSR count). The number of anilines is 1. The van der Waals surface area contributed by atoms with Crippen molar-refractivity contribution in [2.24, 2.45) is 0 Å². The van der Waals surface area contributed by atoms with Crippen LogP contribution >= 0.6 is 0 Å². The SMILES string of the molecule is CCC1CN(Cc2cccc(C(=O)O)c2)c2ccccc2O1. The number of nitrogens with zero attached hydrogens (tertiary/aromatic N) is 1. The highest BCUT2D eigenvalue weighted by atomic mass is 16.5. The molecule has 4 nitrogen and oxygen atoms in total. The number of carboxylic acid groups (broad SMARTS) is 1. The molecule has 0 saturated carbocycles. The zero-order valence-electron chi connectivity index (χ0n) is 12.5. The molecule has 0 bridgehead atoms. The number of hydrogen-bond acceptors (Lipinski definition) is 3. The average Bonchev–Trinajstić information content (AvgIpc) is 2.55. The maximum Gasteiger partial charge on any atom is 0.335 e. The van der Waals surface area contributed by atoms with Crippen LogP contribution in [0.15, 0.2) is 48.5 Å². The minimum Gasteiger partial charge on any atom is -0.486 e. The third-order valence-corrected chi connectivity index (χ3v) is 3.93. The van der Waals surface area contributed by atoms with Crippen molar-refractivity contribution < 1.29 is 14.6 Å². The second-order valence-electron chi connectivity index (χ2n) is 5.50. The Bertz CT molecular complexity index is 684. The molecular weight excluding hydrogens is 278 g/mol. The van der Waals surface area contributed by atoms with Crippen molar-refractivity contribution >= 4 is 11.7 Å². The second-order valence-corrected chi connectivity index (χ2v) is 5.50. The van der Waals surface area contributed by atoms with Gasteiger partial charge in [0.25, 0.3) is 0 Å². The van der Waals surface area contributed by atoms with E-state index in [9.17, 15) is 4.79 Å². The lowest BCUT2D eigenvalue weighted by molar-refractivity contribution is 0.0696. The third kappa shape index (κ3) is 2.91. The van der Waals surface area contributed by atoms with Gasteiger partial charge >= 0.3 is 5.97 Å². The maximum atomic E-state index is 11.1. The van der Waals surface area contributed by atoms with Crippen molar-refractivity contribution in [1.29, 1.82) is 0 Å². The van der Waals surface area contributed by atoms with E-state index in [1.807, 2.05) is 30.3 Å². The van der Waals surface area contributed by atoms with Crippen LogP contribution in [0.3, 0.4) is 0 Å². The van der Waals surface area contributed by atoms with Crippen molar-refractivity contribution in [1.82, 2.24) is 0 Å². The number of benzene rings is 2. The molecular formula is C18H19NO3. The van der Waals surface area contributed by atoms with Gasteiger partial charge in [0.2, 0.25) is 0 Å². The number of fused-ring (bicyclic) bond motifs is 1. The molecule has 0 radical (unpaired) electrons. The molecule has 4 heteroatoms. The van der Waals surface area contributed by atoms with Crippen molar-refractivity contribution in [2.45, 2.75) is 26.0 Å². The predicted octanol–water partition coefficient (Wildman–Crippen LogP) is 3.56. The molecule has 22 heavy (non-hydrogen) atoms. The van der Waals surface area contributed by atoms with Crippen molar-refractivity contribution in [2.75, 3.05) is 11.4 Å². The highest BCUT2D eigenvalue weighted by Crippen LogP contribution is 2.34. The van der Waals surface area contributed by atoms with Crippen LogP contribution in [0, 0.1) is 0 Å². The van der Waals surface area contributed by atoms with Crippen LogP contribution < -0.4 is 9.64 Å². The van der Waals surface area contributed by atoms with E-state index in [0.717, 1.165) is 30.0 Å². The Kier molecular flexibility index (Phi) is 4.00. The fraction of sp³-hybridized carbons (Fsp3) is 0.278. The first kappa shape index (κ1) is 14.4. The number of ether oxygens (including phenoxy) is 1. The van der Waals surface area contributed by atoms with Gasteiger partial charge in [-0.25, -0.2) is 4.79 Å². The molecule has 2 aromatic rings. The lowest BCUT2D eigenvalue weighted by Gasteiger charge is -2.36. The van der Waals surface area contributed by atoms with E-state index in [1.54, 1.807) is 18.2 Å². The Morgan fingerprint density at radius 2 is 2.09 bits per heavy atom. The Morgan fingerprint density at radius 1 is 1.27 bits per heavy atom. The van der Waals surface area contributed by atoms with Gasteiger partial charge in [-0.05, 0) is 36.2 Å². The predicted molar refractivity (Wildman–Crippen MR) is 85.6 cm³/mol. The Labute approximate surface area is 130 Å². The Balaban J connectivity index is 1.88. The van der Waals surface area contributed by atoms with E-state index in [2.05, 4.69) is 11.8 Å². The molecule has 0 amide bonds. The maximum absolute atomic E-state index is 11.1. The molecule has 1 aliphatic rings. The van der Waals surface area contributed by atoms with Gasteiger partial charge in [0, 0.05) is 6.54 Å². The van der Waals surface area contributed by atoms with Gasteiger partial charge < -0.3 is 14.7 Å². The first-order chi connectivity index (χ1) is 10.7. The summed E-state index contributed by atoms with van der Waals surface area (Å²) in [5.74, 6) is 0.00523. The van der Waals surface area contributed by atoms with Crippen LogP contribution in [0.5, 0.6) is 5.75 Å². The zero-order chi connectivity index (χ0) is 15.5. The van der Waals surface area contributed by atoms with Gasteiger partial charge in [-0.2, -0.15) is 0 Å². The summed E-state index contributed by atoms with van der Waals surface area (Å²) in [7, 11) is 0. The van der Waals surface area contributed by atoms with E-state index in [-0.39, 0.29) is 6.10 Å². The lowest BCUT2D eigenvalue weighted by Crippen LogP contribution is -2.39. The molecule has 1 N–H and O–H groups in total. The van der Waals surface area contributed by atoms with Gasteiger partial charge in [-0.15, -0.1) is 0 Å². The lowest BCUT2D eigenvalue weighted by atomic mass is 10.1. The molecule has 1 aliphatic heterocycles. The molecule has 2 aromatic carbocycles. The molecule has 114 valence electrons. The Morgan fingerprint density at radius 3 is 2.86 bits per heavy atom. The zero-order valence-corrected chi connectivity index (χ0v) is 12.5. The van der Waals surface area contributed by atoms with Gasteiger partial charge in [0.1, 0.15) is 11.9 Å². The molecule has 1 heterocycles. The molecule has 1 unspecified atom stereocenters. The summed E-state index contributed by atoms with van der Waals surface area (Å²) < 4.78 is 5.98. The summed E-state index contributed by atoms with van der Waals surface area (Å²) >= 11 is 0. The number of aromatic carboxylic acids is 1. The second kappa shape index (κ2) is 6.10. The number of rotatable bonds is 4.